The van der Waals surface area contributed by atoms with Crippen LogP contribution < -0.4 is 5.32 Å². The first kappa shape index (κ1) is 20.4. The molecule has 28 heavy (non-hydrogen) atoms. The molecule has 8 heteroatoms. The molecule has 8 nitrogen and oxygen atoms in total. The van der Waals surface area contributed by atoms with Gasteiger partial charge in [0.05, 0.1) is 12.8 Å². The van der Waals surface area contributed by atoms with E-state index >= 15 is 0 Å². The van der Waals surface area contributed by atoms with E-state index in [1.54, 1.807) is 17.0 Å². The van der Waals surface area contributed by atoms with Crippen molar-refractivity contribution in [2.24, 2.45) is 0 Å². The number of likely N-dealkylation sites (N-methyl/N-ethyl adjacent to an activating group) is 1. The van der Waals surface area contributed by atoms with Gasteiger partial charge >= 0.3 is 0 Å². The zero-order valence-corrected chi connectivity index (χ0v) is 16.6. The van der Waals surface area contributed by atoms with Crippen molar-refractivity contribution in [3.8, 4) is 0 Å². The number of piperidine rings is 1. The molecule has 1 atom stereocenters. The van der Waals surface area contributed by atoms with E-state index in [2.05, 4.69) is 10.2 Å². The number of furan rings is 1. The van der Waals surface area contributed by atoms with Gasteiger partial charge in [-0.2, -0.15) is 0 Å². The molecule has 0 bridgehead atoms. The third-order valence-electron chi connectivity index (χ3n) is 5.42. The van der Waals surface area contributed by atoms with E-state index < -0.39 is 6.04 Å². The Morgan fingerprint density at radius 2 is 1.96 bits per heavy atom. The lowest BCUT2D eigenvalue weighted by Crippen LogP contribution is -2.53. The van der Waals surface area contributed by atoms with Crippen molar-refractivity contribution in [1.29, 1.82) is 0 Å². The second-order valence-electron chi connectivity index (χ2n) is 7.40. The summed E-state index contributed by atoms with van der Waals surface area (Å²) in [5.41, 5.74) is 0. The monoisotopic (exact) mass is 390 g/mol. The summed E-state index contributed by atoms with van der Waals surface area (Å²) in [6, 6.07) is 2.90. The van der Waals surface area contributed by atoms with Crippen molar-refractivity contribution in [2.45, 2.75) is 38.6 Å². The average molecular weight is 390 g/mol. The molecule has 3 rings (SSSR count). The van der Waals surface area contributed by atoms with E-state index in [9.17, 15) is 14.4 Å². The van der Waals surface area contributed by atoms with Crippen molar-refractivity contribution >= 4 is 17.7 Å². The minimum Gasteiger partial charge on any atom is -0.459 e. The van der Waals surface area contributed by atoms with Crippen molar-refractivity contribution in [1.82, 2.24) is 20.0 Å². The van der Waals surface area contributed by atoms with Crippen LogP contribution in [0.15, 0.2) is 22.8 Å². The molecule has 2 saturated heterocycles. The molecule has 0 saturated carbocycles. The molecule has 0 aromatic carbocycles. The zero-order valence-electron chi connectivity index (χ0n) is 16.6. The van der Waals surface area contributed by atoms with Crippen LogP contribution in [-0.2, 0) is 9.59 Å². The average Bonchev–Trinajstić information content (AvgIpc) is 3.14. The van der Waals surface area contributed by atoms with E-state index in [1.807, 2.05) is 11.8 Å². The summed E-state index contributed by atoms with van der Waals surface area (Å²) < 4.78 is 5.25. The van der Waals surface area contributed by atoms with Crippen LogP contribution in [0.25, 0.3) is 0 Å². The second-order valence-corrected chi connectivity index (χ2v) is 7.40. The van der Waals surface area contributed by atoms with E-state index in [1.165, 1.54) is 6.26 Å². The number of hydrogen-bond donors (Lipinski definition) is 1. The SMILES string of the molecule is CCNC(=O)CN1CCCN(C(=O)C2CCCCN2C(=O)c2ccco2)CC1. The summed E-state index contributed by atoms with van der Waals surface area (Å²) in [5, 5.41) is 2.82. The first-order chi connectivity index (χ1) is 13.6. The quantitative estimate of drug-likeness (QED) is 0.809. The van der Waals surface area contributed by atoms with Crippen LogP contribution in [-0.4, -0.2) is 84.3 Å². The van der Waals surface area contributed by atoms with Gasteiger partial charge in [0.25, 0.3) is 5.91 Å². The number of likely N-dealkylation sites (tertiary alicyclic amines) is 1. The topological polar surface area (TPSA) is 86.1 Å². The lowest BCUT2D eigenvalue weighted by Gasteiger charge is -2.37. The molecular weight excluding hydrogens is 360 g/mol. The van der Waals surface area contributed by atoms with Crippen LogP contribution in [0, 0.1) is 0 Å². The number of nitrogens with one attached hydrogen (secondary N) is 1. The van der Waals surface area contributed by atoms with Gasteiger partial charge in [0.15, 0.2) is 5.76 Å². The van der Waals surface area contributed by atoms with Gasteiger partial charge in [-0.3, -0.25) is 19.3 Å². The van der Waals surface area contributed by atoms with Crippen LogP contribution >= 0.6 is 0 Å². The predicted molar refractivity (Wildman–Crippen MR) is 104 cm³/mol. The van der Waals surface area contributed by atoms with Gasteiger partial charge in [0.1, 0.15) is 6.04 Å². The fourth-order valence-corrected chi connectivity index (χ4v) is 3.99. The van der Waals surface area contributed by atoms with Crippen LogP contribution in [0.5, 0.6) is 0 Å². The maximum Gasteiger partial charge on any atom is 0.290 e. The van der Waals surface area contributed by atoms with Gasteiger partial charge in [-0.15, -0.1) is 0 Å². The summed E-state index contributed by atoms with van der Waals surface area (Å²) in [7, 11) is 0. The van der Waals surface area contributed by atoms with E-state index in [4.69, 9.17) is 4.42 Å². The molecule has 2 fully saturated rings. The van der Waals surface area contributed by atoms with E-state index in [0.29, 0.717) is 45.7 Å². The molecule has 2 aliphatic heterocycles. The molecule has 1 aromatic rings. The smallest absolute Gasteiger partial charge is 0.290 e. The Labute approximate surface area is 165 Å². The van der Waals surface area contributed by atoms with Crippen molar-refractivity contribution in [2.75, 3.05) is 45.8 Å². The highest BCUT2D eigenvalue weighted by atomic mass is 16.3. The molecule has 1 unspecified atom stereocenters. The lowest BCUT2D eigenvalue weighted by molar-refractivity contribution is -0.137. The van der Waals surface area contributed by atoms with Crippen LogP contribution in [0.1, 0.15) is 43.2 Å². The van der Waals surface area contributed by atoms with E-state index in [0.717, 1.165) is 25.8 Å². The molecule has 3 heterocycles. The minimum atomic E-state index is -0.429. The van der Waals surface area contributed by atoms with Gasteiger partial charge in [-0.25, -0.2) is 0 Å². The van der Waals surface area contributed by atoms with Gasteiger partial charge in [0, 0.05) is 39.3 Å². The molecule has 1 N–H and O–H groups in total. The summed E-state index contributed by atoms with van der Waals surface area (Å²) in [4.78, 5) is 43.4. The Morgan fingerprint density at radius 1 is 1.11 bits per heavy atom. The van der Waals surface area contributed by atoms with Crippen molar-refractivity contribution in [3.63, 3.8) is 0 Å². The Kier molecular flexibility index (Phi) is 7.08. The zero-order chi connectivity index (χ0) is 19.9. The Balaban J connectivity index is 1.61. The van der Waals surface area contributed by atoms with Crippen molar-refractivity contribution in [3.05, 3.63) is 24.2 Å². The summed E-state index contributed by atoms with van der Waals surface area (Å²) in [5.74, 6) is 0.101. The maximum absolute atomic E-state index is 13.2. The summed E-state index contributed by atoms with van der Waals surface area (Å²) in [6.07, 6.45) is 4.83. The number of nitrogens with zero attached hydrogens (tertiary/aromatic N) is 3. The third-order valence-corrected chi connectivity index (χ3v) is 5.42. The number of hydrogen-bond acceptors (Lipinski definition) is 5. The first-order valence-electron chi connectivity index (χ1n) is 10.2. The standard InChI is InChI=1S/C20H30N4O4/c1-2-21-18(25)15-22-9-6-10-23(13-12-22)19(26)16-7-3-4-11-24(16)20(27)17-8-5-14-28-17/h5,8,14,16H,2-4,6-7,9-13,15H2,1H3,(H,21,25). The maximum atomic E-state index is 13.2. The largest absolute Gasteiger partial charge is 0.459 e. The summed E-state index contributed by atoms with van der Waals surface area (Å²) >= 11 is 0. The van der Waals surface area contributed by atoms with Gasteiger partial charge in [-0.05, 0) is 44.7 Å². The number of amides is 3. The lowest BCUT2D eigenvalue weighted by atomic mass is 10.00. The van der Waals surface area contributed by atoms with Crippen molar-refractivity contribution < 1.29 is 18.8 Å². The predicted octanol–water partition coefficient (Wildman–Crippen LogP) is 0.945. The van der Waals surface area contributed by atoms with Crippen LogP contribution in [0.4, 0.5) is 0 Å². The Morgan fingerprint density at radius 3 is 2.71 bits per heavy atom. The third kappa shape index (κ3) is 4.92. The molecular formula is C20H30N4O4. The van der Waals surface area contributed by atoms with Gasteiger partial charge < -0.3 is 19.5 Å². The molecule has 2 aliphatic rings. The highest BCUT2D eigenvalue weighted by Gasteiger charge is 2.36. The highest BCUT2D eigenvalue weighted by molar-refractivity contribution is 5.95. The number of rotatable bonds is 5. The Bertz CT molecular complexity index is 676. The molecule has 0 spiro atoms. The fourth-order valence-electron chi connectivity index (χ4n) is 3.99. The van der Waals surface area contributed by atoms with Gasteiger partial charge in [0.2, 0.25) is 11.8 Å². The molecule has 1 aromatic heterocycles. The van der Waals surface area contributed by atoms with Crippen LogP contribution in [0.2, 0.25) is 0 Å². The minimum absolute atomic E-state index is 0.0134. The number of carbonyl (C=O) groups is 3. The Hall–Kier alpha value is -2.35. The molecule has 3 amide bonds. The number of carbonyl (C=O) groups excluding carboxylic acids is 3. The summed E-state index contributed by atoms with van der Waals surface area (Å²) in [6.45, 7) is 6.17. The first-order valence-corrected chi connectivity index (χ1v) is 10.2. The second kappa shape index (κ2) is 9.73. The molecule has 0 aliphatic carbocycles. The van der Waals surface area contributed by atoms with E-state index in [-0.39, 0.29) is 23.5 Å². The van der Waals surface area contributed by atoms with Gasteiger partial charge in [-0.1, -0.05) is 0 Å². The highest BCUT2D eigenvalue weighted by Crippen LogP contribution is 2.22. The normalized spacial score (nSPS) is 21.2. The van der Waals surface area contributed by atoms with Crippen LogP contribution in [0.3, 0.4) is 0 Å². The fraction of sp³-hybridized carbons (Fsp3) is 0.650. The molecule has 0 radical (unpaired) electrons. The molecule has 154 valence electrons.